The molecule has 2 saturated carbocycles. The maximum atomic E-state index is 12.7. The minimum absolute atomic E-state index is 0.270. The zero-order valence-corrected chi connectivity index (χ0v) is 13.5. The third-order valence-electron chi connectivity index (χ3n) is 4.86. The van der Waals surface area contributed by atoms with Crippen LogP contribution in [0.15, 0.2) is 24.3 Å². The molecule has 0 aliphatic heterocycles. The highest BCUT2D eigenvalue weighted by Gasteiger charge is 2.66. The molecule has 0 radical (unpaired) electrons. The van der Waals surface area contributed by atoms with E-state index < -0.39 is 0 Å². The lowest BCUT2D eigenvalue weighted by Crippen LogP contribution is -2.35. The molecule has 1 aromatic carbocycles. The summed E-state index contributed by atoms with van der Waals surface area (Å²) >= 11 is 0. The standard InChI is InChI=1S/C18H25NO3/c1-3-22-15-6-4-14(5-7-15)13-19(10-11-21-2)17(20)16-12-18(16)8-9-18/h4-7,16H,3,8-13H2,1-2H3. The summed E-state index contributed by atoms with van der Waals surface area (Å²) < 4.78 is 10.6. The molecule has 1 amide bonds. The maximum absolute atomic E-state index is 12.7. The van der Waals surface area contributed by atoms with Crippen LogP contribution in [0.3, 0.4) is 0 Å². The third kappa shape index (κ3) is 3.27. The predicted octanol–water partition coefficient (Wildman–Crippen LogP) is 2.86. The molecule has 1 spiro atoms. The van der Waals surface area contributed by atoms with Crippen LogP contribution in [0.4, 0.5) is 0 Å². The Bertz CT molecular complexity index is 522. The molecule has 1 atom stereocenters. The molecule has 3 rings (SSSR count). The summed E-state index contributed by atoms with van der Waals surface area (Å²) in [5, 5.41) is 0. The third-order valence-corrected chi connectivity index (χ3v) is 4.86. The van der Waals surface area contributed by atoms with Crippen molar-refractivity contribution in [3.8, 4) is 5.75 Å². The van der Waals surface area contributed by atoms with Crippen LogP contribution in [-0.4, -0.2) is 37.7 Å². The first kappa shape index (κ1) is 15.3. The molecular weight excluding hydrogens is 278 g/mol. The Kier molecular flexibility index (Phi) is 4.39. The summed E-state index contributed by atoms with van der Waals surface area (Å²) in [5.41, 5.74) is 1.54. The summed E-state index contributed by atoms with van der Waals surface area (Å²) in [6, 6.07) is 8.02. The molecule has 0 N–H and O–H groups in total. The molecule has 4 heteroatoms. The number of carbonyl (C=O) groups is 1. The Morgan fingerprint density at radius 3 is 2.59 bits per heavy atom. The number of ether oxygens (including phenoxy) is 2. The molecule has 120 valence electrons. The lowest BCUT2D eigenvalue weighted by Gasteiger charge is -2.23. The number of hydrogen-bond donors (Lipinski definition) is 0. The monoisotopic (exact) mass is 303 g/mol. The van der Waals surface area contributed by atoms with Gasteiger partial charge >= 0.3 is 0 Å². The second kappa shape index (κ2) is 6.29. The van der Waals surface area contributed by atoms with Gasteiger partial charge in [-0.05, 0) is 49.3 Å². The van der Waals surface area contributed by atoms with Crippen LogP contribution in [-0.2, 0) is 16.1 Å². The molecule has 0 aromatic heterocycles. The SMILES string of the molecule is CCOc1ccc(CN(CCOC)C(=O)C2CC23CC3)cc1. The molecule has 0 bridgehead atoms. The van der Waals surface area contributed by atoms with Gasteiger partial charge in [0.25, 0.3) is 0 Å². The van der Waals surface area contributed by atoms with Gasteiger partial charge in [0.2, 0.25) is 5.91 Å². The minimum atomic E-state index is 0.270. The smallest absolute Gasteiger partial charge is 0.226 e. The van der Waals surface area contributed by atoms with Crippen molar-refractivity contribution < 1.29 is 14.3 Å². The second-order valence-corrected chi connectivity index (χ2v) is 6.45. The molecule has 2 aliphatic rings. The number of nitrogens with zero attached hydrogens (tertiary/aromatic N) is 1. The van der Waals surface area contributed by atoms with Gasteiger partial charge in [0.15, 0.2) is 0 Å². The van der Waals surface area contributed by atoms with Crippen molar-refractivity contribution in [2.45, 2.75) is 32.7 Å². The Labute approximate surface area is 132 Å². The van der Waals surface area contributed by atoms with Gasteiger partial charge in [-0.15, -0.1) is 0 Å². The number of rotatable bonds is 8. The van der Waals surface area contributed by atoms with E-state index in [1.807, 2.05) is 36.1 Å². The number of hydrogen-bond acceptors (Lipinski definition) is 3. The lowest BCUT2D eigenvalue weighted by atomic mass is 10.2. The van der Waals surface area contributed by atoms with E-state index in [1.54, 1.807) is 7.11 Å². The van der Waals surface area contributed by atoms with Gasteiger partial charge < -0.3 is 14.4 Å². The van der Waals surface area contributed by atoms with Gasteiger partial charge in [-0.25, -0.2) is 0 Å². The molecular formula is C18H25NO3. The molecule has 4 nitrogen and oxygen atoms in total. The van der Waals surface area contributed by atoms with Gasteiger partial charge in [0, 0.05) is 26.1 Å². The number of methoxy groups -OCH3 is 1. The van der Waals surface area contributed by atoms with Crippen LogP contribution in [0, 0.1) is 11.3 Å². The molecule has 2 fully saturated rings. The maximum Gasteiger partial charge on any atom is 0.226 e. The first-order valence-corrected chi connectivity index (χ1v) is 8.18. The van der Waals surface area contributed by atoms with Crippen molar-refractivity contribution in [2.24, 2.45) is 11.3 Å². The van der Waals surface area contributed by atoms with Crippen molar-refractivity contribution in [2.75, 3.05) is 26.9 Å². The van der Waals surface area contributed by atoms with E-state index in [0.29, 0.717) is 37.6 Å². The lowest BCUT2D eigenvalue weighted by molar-refractivity contribution is -0.134. The van der Waals surface area contributed by atoms with Gasteiger partial charge in [0.05, 0.1) is 13.2 Å². The van der Waals surface area contributed by atoms with Gasteiger partial charge in [0.1, 0.15) is 5.75 Å². The summed E-state index contributed by atoms with van der Waals surface area (Å²) in [5.74, 6) is 1.45. The molecule has 1 unspecified atom stereocenters. The molecule has 22 heavy (non-hydrogen) atoms. The second-order valence-electron chi connectivity index (χ2n) is 6.45. The van der Waals surface area contributed by atoms with Crippen molar-refractivity contribution in [3.05, 3.63) is 29.8 Å². The highest BCUT2D eigenvalue weighted by Crippen LogP contribution is 2.70. The van der Waals surface area contributed by atoms with Gasteiger partial charge in [-0.3, -0.25) is 4.79 Å². The highest BCUT2D eigenvalue weighted by atomic mass is 16.5. The largest absolute Gasteiger partial charge is 0.494 e. The van der Waals surface area contributed by atoms with E-state index >= 15 is 0 Å². The average Bonchev–Trinajstić information content (AvgIpc) is 3.45. The first-order valence-electron chi connectivity index (χ1n) is 8.18. The highest BCUT2D eigenvalue weighted by molar-refractivity contribution is 5.83. The summed E-state index contributed by atoms with van der Waals surface area (Å²) in [6.07, 6.45) is 3.58. The Morgan fingerprint density at radius 2 is 2.05 bits per heavy atom. The van der Waals surface area contributed by atoms with E-state index in [0.717, 1.165) is 17.7 Å². The Hall–Kier alpha value is -1.55. The first-order chi connectivity index (χ1) is 10.7. The van der Waals surface area contributed by atoms with Crippen LogP contribution in [0.1, 0.15) is 31.7 Å². The van der Waals surface area contributed by atoms with E-state index in [9.17, 15) is 4.79 Å². The fourth-order valence-corrected chi connectivity index (χ4v) is 3.18. The average molecular weight is 303 g/mol. The number of carbonyl (C=O) groups excluding carboxylic acids is 1. The predicted molar refractivity (Wildman–Crippen MR) is 84.7 cm³/mol. The number of amides is 1. The topological polar surface area (TPSA) is 38.8 Å². The van der Waals surface area contributed by atoms with Crippen molar-refractivity contribution in [1.29, 1.82) is 0 Å². The van der Waals surface area contributed by atoms with Gasteiger partial charge in [-0.1, -0.05) is 12.1 Å². The van der Waals surface area contributed by atoms with E-state index in [1.165, 1.54) is 12.8 Å². The van der Waals surface area contributed by atoms with Crippen LogP contribution in [0.5, 0.6) is 5.75 Å². The van der Waals surface area contributed by atoms with Gasteiger partial charge in [-0.2, -0.15) is 0 Å². The van der Waals surface area contributed by atoms with Crippen molar-refractivity contribution in [3.63, 3.8) is 0 Å². The summed E-state index contributed by atoms with van der Waals surface area (Å²) in [7, 11) is 1.68. The molecule has 1 aromatic rings. The Morgan fingerprint density at radius 1 is 1.32 bits per heavy atom. The zero-order chi connectivity index (χ0) is 15.6. The summed E-state index contributed by atoms with van der Waals surface area (Å²) in [4.78, 5) is 14.6. The normalized spacial score (nSPS) is 20.7. The zero-order valence-electron chi connectivity index (χ0n) is 13.5. The van der Waals surface area contributed by atoms with Crippen LogP contribution < -0.4 is 4.74 Å². The summed E-state index contributed by atoms with van der Waals surface area (Å²) in [6.45, 7) is 4.54. The van der Waals surface area contributed by atoms with Crippen LogP contribution in [0.2, 0.25) is 0 Å². The molecule has 0 heterocycles. The fraction of sp³-hybridized carbons (Fsp3) is 0.611. The quantitative estimate of drug-likeness (QED) is 0.741. The van der Waals surface area contributed by atoms with Crippen LogP contribution >= 0.6 is 0 Å². The van der Waals surface area contributed by atoms with E-state index in [4.69, 9.17) is 9.47 Å². The van der Waals surface area contributed by atoms with Crippen molar-refractivity contribution >= 4 is 5.91 Å². The number of benzene rings is 1. The molecule has 0 saturated heterocycles. The fourth-order valence-electron chi connectivity index (χ4n) is 3.18. The van der Waals surface area contributed by atoms with Crippen LogP contribution in [0.25, 0.3) is 0 Å². The minimum Gasteiger partial charge on any atom is -0.494 e. The van der Waals surface area contributed by atoms with E-state index in [-0.39, 0.29) is 5.92 Å². The Balaban J connectivity index is 1.62. The van der Waals surface area contributed by atoms with E-state index in [2.05, 4.69) is 0 Å². The molecule has 2 aliphatic carbocycles. The van der Waals surface area contributed by atoms with Crippen molar-refractivity contribution in [1.82, 2.24) is 4.90 Å².